The van der Waals surface area contributed by atoms with E-state index in [0.29, 0.717) is 11.7 Å². The van der Waals surface area contributed by atoms with Gasteiger partial charge in [-0.1, -0.05) is 42.1 Å². The lowest BCUT2D eigenvalue weighted by Crippen LogP contribution is -2.37. The predicted octanol–water partition coefficient (Wildman–Crippen LogP) is 1.15. The SMILES string of the molecule is O=C(O)CCC(=O)N=C1S[C@@H]2CS(=O)(=O)C[C@H]2N1Cc1ccccc1. The lowest BCUT2D eigenvalue weighted by Gasteiger charge is -2.24. The minimum Gasteiger partial charge on any atom is -0.481 e. The van der Waals surface area contributed by atoms with Crippen molar-refractivity contribution < 1.29 is 23.1 Å². The van der Waals surface area contributed by atoms with Gasteiger partial charge >= 0.3 is 5.97 Å². The number of thioether (sulfide) groups is 1. The number of aliphatic imine (C=N–C) groups is 1. The van der Waals surface area contributed by atoms with E-state index in [1.54, 1.807) is 0 Å². The molecule has 3 rings (SSSR count). The Labute approximate surface area is 150 Å². The van der Waals surface area contributed by atoms with Gasteiger partial charge in [-0.2, -0.15) is 4.99 Å². The van der Waals surface area contributed by atoms with E-state index >= 15 is 0 Å². The summed E-state index contributed by atoms with van der Waals surface area (Å²) >= 11 is 1.30. The van der Waals surface area contributed by atoms with Crippen LogP contribution in [-0.2, 0) is 26.0 Å². The first-order valence-corrected chi connectivity index (χ1v) is 10.5. The largest absolute Gasteiger partial charge is 0.481 e. The predicted molar refractivity (Wildman–Crippen MR) is 95.1 cm³/mol. The zero-order valence-corrected chi connectivity index (χ0v) is 15.0. The Balaban J connectivity index is 1.81. The van der Waals surface area contributed by atoms with Crippen LogP contribution in [0.2, 0.25) is 0 Å². The van der Waals surface area contributed by atoms with Gasteiger partial charge in [0.2, 0.25) is 5.91 Å². The van der Waals surface area contributed by atoms with Gasteiger partial charge in [0.05, 0.1) is 24.0 Å². The van der Waals surface area contributed by atoms with Crippen LogP contribution in [0.5, 0.6) is 0 Å². The second-order valence-electron chi connectivity index (χ2n) is 6.10. The summed E-state index contributed by atoms with van der Waals surface area (Å²) in [4.78, 5) is 28.5. The van der Waals surface area contributed by atoms with Gasteiger partial charge in [-0.05, 0) is 5.56 Å². The first-order valence-electron chi connectivity index (χ1n) is 7.85. The van der Waals surface area contributed by atoms with E-state index in [-0.39, 0.29) is 35.6 Å². The highest BCUT2D eigenvalue weighted by molar-refractivity contribution is 8.15. The van der Waals surface area contributed by atoms with Crippen LogP contribution in [0.15, 0.2) is 35.3 Å². The lowest BCUT2D eigenvalue weighted by molar-refractivity contribution is -0.138. The Kier molecular flexibility index (Phi) is 5.14. The molecule has 0 bridgehead atoms. The highest BCUT2D eigenvalue weighted by Crippen LogP contribution is 2.39. The van der Waals surface area contributed by atoms with E-state index in [1.165, 1.54) is 11.8 Å². The van der Waals surface area contributed by atoms with Crippen LogP contribution in [0.4, 0.5) is 0 Å². The van der Waals surface area contributed by atoms with Crippen molar-refractivity contribution in [1.29, 1.82) is 0 Å². The average molecular weight is 382 g/mol. The number of carboxylic acid groups (broad SMARTS) is 1. The van der Waals surface area contributed by atoms with Crippen molar-refractivity contribution in [3.8, 4) is 0 Å². The Bertz CT molecular complexity index is 807. The molecule has 2 aliphatic heterocycles. The van der Waals surface area contributed by atoms with Gasteiger partial charge in [0, 0.05) is 18.2 Å². The van der Waals surface area contributed by atoms with Crippen LogP contribution in [0.3, 0.4) is 0 Å². The number of nitrogens with zero attached hydrogens (tertiary/aromatic N) is 2. The zero-order valence-electron chi connectivity index (χ0n) is 13.4. The van der Waals surface area contributed by atoms with E-state index < -0.39 is 21.7 Å². The molecular formula is C16H18N2O5S2. The third kappa shape index (κ3) is 4.40. The maximum absolute atomic E-state index is 11.9. The first kappa shape index (κ1) is 17.9. The summed E-state index contributed by atoms with van der Waals surface area (Å²) in [5, 5.41) is 9.03. The molecule has 1 aromatic carbocycles. The second kappa shape index (κ2) is 7.17. The molecule has 2 aliphatic rings. The monoisotopic (exact) mass is 382 g/mol. The highest BCUT2D eigenvalue weighted by atomic mass is 32.2. The van der Waals surface area contributed by atoms with Crippen molar-refractivity contribution in [3.05, 3.63) is 35.9 Å². The van der Waals surface area contributed by atoms with Crippen molar-refractivity contribution in [1.82, 2.24) is 4.90 Å². The molecule has 25 heavy (non-hydrogen) atoms. The number of carbonyl (C=O) groups excluding carboxylic acids is 1. The number of sulfone groups is 1. The number of carbonyl (C=O) groups is 2. The van der Waals surface area contributed by atoms with Gasteiger partial charge in [0.1, 0.15) is 0 Å². The number of carboxylic acids is 1. The van der Waals surface area contributed by atoms with Crippen LogP contribution >= 0.6 is 11.8 Å². The van der Waals surface area contributed by atoms with E-state index in [4.69, 9.17) is 5.11 Å². The molecule has 1 amide bonds. The quantitative estimate of drug-likeness (QED) is 0.814. The normalized spacial score (nSPS) is 25.9. The minimum absolute atomic E-state index is 0.0554. The second-order valence-corrected chi connectivity index (χ2v) is 9.46. The first-order chi connectivity index (χ1) is 11.8. The fourth-order valence-electron chi connectivity index (χ4n) is 2.98. The number of benzene rings is 1. The van der Waals surface area contributed by atoms with Gasteiger partial charge in [-0.15, -0.1) is 0 Å². The van der Waals surface area contributed by atoms with E-state index in [2.05, 4.69) is 4.99 Å². The number of rotatable bonds is 5. The summed E-state index contributed by atoms with van der Waals surface area (Å²) in [6.45, 7) is 0.468. The molecule has 0 spiro atoms. The third-order valence-electron chi connectivity index (χ3n) is 4.14. The molecule has 0 saturated carbocycles. The number of fused-ring (bicyclic) bond motifs is 1. The number of aliphatic carboxylic acids is 1. The minimum atomic E-state index is -3.08. The number of hydrogen-bond donors (Lipinski definition) is 1. The number of amidine groups is 1. The van der Waals surface area contributed by atoms with Crippen LogP contribution in [0, 0.1) is 0 Å². The van der Waals surface area contributed by atoms with Gasteiger partial charge in [-0.25, -0.2) is 8.42 Å². The van der Waals surface area contributed by atoms with E-state index in [0.717, 1.165) is 5.56 Å². The maximum Gasteiger partial charge on any atom is 0.303 e. The highest BCUT2D eigenvalue weighted by Gasteiger charge is 2.48. The summed E-state index contributed by atoms with van der Waals surface area (Å²) in [5.41, 5.74) is 0.999. The van der Waals surface area contributed by atoms with Gasteiger partial charge in [0.15, 0.2) is 15.0 Å². The Morgan fingerprint density at radius 2 is 1.92 bits per heavy atom. The molecule has 134 valence electrons. The molecule has 1 N–H and O–H groups in total. The molecule has 2 atom stereocenters. The summed E-state index contributed by atoms with van der Waals surface area (Å²) in [7, 11) is -3.08. The van der Waals surface area contributed by atoms with E-state index in [9.17, 15) is 18.0 Å². The molecule has 0 aromatic heterocycles. The summed E-state index contributed by atoms with van der Waals surface area (Å²) in [6.07, 6.45) is -0.424. The average Bonchev–Trinajstić information content (AvgIpc) is 2.99. The summed E-state index contributed by atoms with van der Waals surface area (Å²) in [6, 6.07) is 9.36. The third-order valence-corrected chi connectivity index (χ3v) is 7.39. The van der Waals surface area contributed by atoms with Crippen LogP contribution in [-0.4, -0.2) is 58.3 Å². The Morgan fingerprint density at radius 1 is 1.20 bits per heavy atom. The molecule has 0 unspecified atom stereocenters. The Hall–Kier alpha value is -1.87. The summed E-state index contributed by atoms with van der Waals surface area (Å²) < 4.78 is 23.9. The van der Waals surface area contributed by atoms with E-state index in [1.807, 2.05) is 35.2 Å². The van der Waals surface area contributed by atoms with Crippen molar-refractivity contribution in [3.63, 3.8) is 0 Å². The Morgan fingerprint density at radius 3 is 2.60 bits per heavy atom. The smallest absolute Gasteiger partial charge is 0.303 e. The number of hydrogen-bond acceptors (Lipinski definition) is 5. The van der Waals surface area contributed by atoms with Crippen molar-refractivity contribution >= 4 is 38.6 Å². The molecule has 0 aliphatic carbocycles. The van der Waals surface area contributed by atoms with Crippen molar-refractivity contribution in [2.24, 2.45) is 4.99 Å². The number of amides is 1. The van der Waals surface area contributed by atoms with Crippen LogP contribution < -0.4 is 0 Å². The topological polar surface area (TPSA) is 104 Å². The molecular weight excluding hydrogens is 364 g/mol. The summed E-state index contributed by atoms with van der Waals surface area (Å²) in [5.74, 6) is -1.40. The molecule has 9 heteroatoms. The molecule has 7 nitrogen and oxygen atoms in total. The molecule has 2 fully saturated rings. The maximum atomic E-state index is 11.9. The molecule has 0 radical (unpaired) electrons. The lowest BCUT2D eigenvalue weighted by atomic mass is 10.1. The van der Waals surface area contributed by atoms with Crippen LogP contribution in [0.25, 0.3) is 0 Å². The van der Waals surface area contributed by atoms with Crippen molar-refractivity contribution in [2.75, 3.05) is 11.5 Å². The van der Waals surface area contributed by atoms with Gasteiger partial charge in [-0.3, -0.25) is 9.59 Å². The molecule has 1 aromatic rings. The molecule has 2 heterocycles. The molecule has 2 saturated heterocycles. The van der Waals surface area contributed by atoms with Crippen LogP contribution in [0.1, 0.15) is 18.4 Å². The van der Waals surface area contributed by atoms with Gasteiger partial charge < -0.3 is 10.0 Å². The fourth-order valence-corrected chi connectivity index (χ4v) is 6.95. The fraction of sp³-hybridized carbons (Fsp3) is 0.438. The van der Waals surface area contributed by atoms with Crippen molar-refractivity contribution in [2.45, 2.75) is 30.7 Å². The van der Waals surface area contributed by atoms with Gasteiger partial charge in [0.25, 0.3) is 0 Å². The standard InChI is InChI=1S/C16H18N2O5S2/c19-14(6-7-15(20)21)17-16-18(8-11-4-2-1-3-5-11)12-9-25(22,23)10-13(12)24-16/h1-5,12-13H,6-10H2,(H,20,21)/t12-,13-/m1/s1. The zero-order chi connectivity index (χ0) is 18.0.